The fourth-order valence-corrected chi connectivity index (χ4v) is 4.97. The number of benzene rings is 2. The van der Waals surface area contributed by atoms with Crippen LogP contribution in [-0.2, 0) is 4.79 Å². The molecular formula is C26H26N4O3. The van der Waals surface area contributed by atoms with Gasteiger partial charge in [-0.3, -0.25) is 9.80 Å². The van der Waals surface area contributed by atoms with E-state index in [1.165, 1.54) is 7.11 Å². The second-order valence-electron chi connectivity index (χ2n) is 9.40. The van der Waals surface area contributed by atoms with Gasteiger partial charge in [0.1, 0.15) is 12.1 Å². The van der Waals surface area contributed by atoms with Crippen molar-refractivity contribution < 1.29 is 14.3 Å². The van der Waals surface area contributed by atoms with Gasteiger partial charge >= 0.3 is 0 Å². The number of ether oxygens (including phenoxy) is 2. The Labute approximate surface area is 193 Å². The maximum atomic E-state index is 13.8. The molecule has 3 atom stereocenters. The number of hydrogen-bond acceptors (Lipinski definition) is 7. The first-order valence-corrected chi connectivity index (χ1v) is 10.7. The summed E-state index contributed by atoms with van der Waals surface area (Å²) in [5.41, 5.74) is 0.0329. The summed E-state index contributed by atoms with van der Waals surface area (Å²) in [4.78, 5) is 13.8. The summed E-state index contributed by atoms with van der Waals surface area (Å²) < 4.78 is 10.9. The Morgan fingerprint density at radius 2 is 1.73 bits per heavy atom. The molecule has 2 heterocycles. The Hall–Kier alpha value is -3.84. The van der Waals surface area contributed by atoms with Crippen molar-refractivity contribution in [2.24, 2.45) is 15.9 Å². The van der Waals surface area contributed by atoms with E-state index in [2.05, 4.69) is 17.2 Å². The molecule has 2 aliphatic rings. The van der Waals surface area contributed by atoms with Gasteiger partial charge in [0.2, 0.25) is 0 Å². The van der Waals surface area contributed by atoms with Crippen LogP contribution in [0.4, 0.5) is 0 Å². The van der Waals surface area contributed by atoms with Crippen LogP contribution in [-0.4, -0.2) is 37.3 Å². The minimum absolute atomic E-state index is 0.0869. The molecule has 0 spiro atoms. The zero-order chi connectivity index (χ0) is 24.0. The van der Waals surface area contributed by atoms with Gasteiger partial charge in [-0.15, -0.1) is 0 Å². The molecule has 7 heteroatoms. The van der Waals surface area contributed by atoms with Gasteiger partial charge in [0.15, 0.2) is 22.7 Å². The summed E-state index contributed by atoms with van der Waals surface area (Å²) in [7, 11) is 3.07. The number of hydrazone groups is 1. The summed E-state index contributed by atoms with van der Waals surface area (Å²) in [6.07, 6.45) is 1.70. The lowest BCUT2D eigenvalue weighted by atomic mass is 9.66. The predicted octanol–water partition coefficient (Wildman–Crippen LogP) is 4.21. The van der Waals surface area contributed by atoms with Crippen molar-refractivity contribution in [3.05, 3.63) is 59.2 Å². The number of hydrogen-bond donors (Lipinski definition) is 0. The van der Waals surface area contributed by atoms with Gasteiger partial charge < -0.3 is 9.47 Å². The lowest BCUT2D eigenvalue weighted by Gasteiger charge is -2.34. The van der Waals surface area contributed by atoms with E-state index in [0.717, 1.165) is 11.1 Å². The van der Waals surface area contributed by atoms with Crippen LogP contribution in [0.1, 0.15) is 49.4 Å². The van der Waals surface area contributed by atoms with Crippen LogP contribution in [0.15, 0.2) is 47.6 Å². The summed E-state index contributed by atoms with van der Waals surface area (Å²) in [6, 6.07) is 16.0. The Morgan fingerprint density at radius 1 is 1.06 bits per heavy atom. The molecule has 0 aliphatic carbocycles. The van der Waals surface area contributed by atoms with E-state index in [4.69, 9.17) is 9.47 Å². The topological polar surface area (TPSA) is 98.7 Å². The molecule has 2 aromatic carbocycles. The van der Waals surface area contributed by atoms with Crippen molar-refractivity contribution in [2.45, 2.75) is 38.8 Å². The van der Waals surface area contributed by atoms with E-state index in [1.54, 1.807) is 36.5 Å². The number of rotatable bonds is 4. The molecule has 4 rings (SSSR count). The number of nitrogens with zero attached hydrogens (tertiary/aromatic N) is 4. The van der Waals surface area contributed by atoms with Gasteiger partial charge in [0.25, 0.3) is 0 Å². The van der Waals surface area contributed by atoms with E-state index in [9.17, 15) is 15.3 Å². The summed E-state index contributed by atoms with van der Waals surface area (Å²) in [5.74, 6) is 0.151. The lowest BCUT2D eigenvalue weighted by Crippen LogP contribution is -2.43. The molecule has 7 nitrogen and oxygen atoms in total. The number of fused-ring (bicyclic) bond motifs is 3. The molecule has 0 saturated carbocycles. The number of nitriles is 2. The molecule has 0 N–H and O–H groups in total. The average Bonchev–Trinajstić information content (AvgIpc) is 3.13. The molecule has 0 aromatic heterocycles. The lowest BCUT2D eigenvalue weighted by molar-refractivity contribution is -0.131. The number of methoxy groups -OCH3 is 2. The molecule has 168 valence electrons. The van der Waals surface area contributed by atoms with Gasteiger partial charge in [-0.2, -0.15) is 15.6 Å². The highest BCUT2D eigenvalue weighted by atomic mass is 16.5. The molecule has 2 aliphatic heterocycles. The minimum atomic E-state index is -1.56. The standard InChI is InChI=1S/C26H26N4O3/c1-25(2,3)24(31)22-21(16-10-11-19(32-4)20(12-16)33-5)26(14-27,15-28)23-18-9-7-6-8-17(18)13-29-30(22)23/h6-13,21-23H,1-5H3. The molecule has 2 aromatic rings. The maximum absolute atomic E-state index is 13.8. The molecule has 1 fully saturated rings. The van der Waals surface area contributed by atoms with Crippen LogP contribution in [0.25, 0.3) is 0 Å². The zero-order valence-corrected chi connectivity index (χ0v) is 19.4. The van der Waals surface area contributed by atoms with Crippen LogP contribution >= 0.6 is 0 Å². The monoisotopic (exact) mass is 442 g/mol. The van der Waals surface area contributed by atoms with Gasteiger partial charge in [-0.1, -0.05) is 51.1 Å². The Kier molecular flexibility index (Phi) is 5.38. The highest BCUT2D eigenvalue weighted by Crippen LogP contribution is 2.60. The van der Waals surface area contributed by atoms with Crippen molar-refractivity contribution in [2.75, 3.05) is 14.2 Å². The smallest absolute Gasteiger partial charge is 0.178 e. The first-order valence-electron chi connectivity index (χ1n) is 10.7. The Balaban J connectivity index is 2.02. The Morgan fingerprint density at radius 3 is 2.33 bits per heavy atom. The van der Waals surface area contributed by atoms with Crippen molar-refractivity contribution in [3.8, 4) is 23.6 Å². The first-order chi connectivity index (χ1) is 15.7. The summed E-state index contributed by atoms with van der Waals surface area (Å²) in [6.45, 7) is 5.53. The molecule has 3 unspecified atom stereocenters. The van der Waals surface area contributed by atoms with E-state index < -0.39 is 28.8 Å². The third-order valence-corrected chi connectivity index (χ3v) is 6.55. The zero-order valence-electron chi connectivity index (χ0n) is 19.4. The van der Waals surface area contributed by atoms with Crippen molar-refractivity contribution in [3.63, 3.8) is 0 Å². The van der Waals surface area contributed by atoms with E-state index in [0.29, 0.717) is 17.1 Å². The highest BCUT2D eigenvalue weighted by molar-refractivity contribution is 5.92. The van der Waals surface area contributed by atoms with Crippen LogP contribution < -0.4 is 9.47 Å². The largest absolute Gasteiger partial charge is 0.493 e. The maximum Gasteiger partial charge on any atom is 0.178 e. The van der Waals surface area contributed by atoms with E-state index in [1.807, 2.05) is 45.0 Å². The van der Waals surface area contributed by atoms with E-state index >= 15 is 0 Å². The molecular weight excluding hydrogens is 416 g/mol. The Bertz CT molecular complexity index is 1200. The summed E-state index contributed by atoms with van der Waals surface area (Å²) >= 11 is 0. The number of Topliss-reactive ketones (excluding diaryl/α,β-unsaturated/α-hetero) is 1. The van der Waals surface area contributed by atoms with Crippen LogP contribution in [0.3, 0.4) is 0 Å². The number of carbonyl (C=O) groups excluding carboxylic acids is 1. The average molecular weight is 443 g/mol. The van der Waals surface area contributed by atoms with Crippen LogP contribution in [0.2, 0.25) is 0 Å². The summed E-state index contributed by atoms with van der Waals surface area (Å²) in [5, 5.41) is 27.3. The molecule has 0 amide bonds. The normalized spacial score (nSPS) is 22.5. The first kappa shape index (κ1) is 22.4. The molecule has 1 saturated heterocycles. The number of ketones is 1. The second kappa shape index (κ2) is 7.94. The quantitative estimate of drug-likeness (QED) is 0.703. The van der Waals surface area contributed by atoms with Crippen molar-refractivity contribution >= 4 is 12.0 Å². The third-order valence-electron chi connectivity index (χ3n) is 6.55. The van der Waals surface area contributed by atoms with Crippen LogP contribution in [0, 0.1) is 33.5 Å². The number of carbonyl (C=O) groups is 1. The van der Waals surface area contributed by atoms with Gasteiger partial charge in [-0.25, -0.2) is 0 Å². The van der Waals surface area contributed by atoms with Gasteiger partial charge in [-0.05, 0) is 28.8 Å². The molecule has 0 radical (unpaired) electrons. The van der Waals surface area contributed by atoms with E-state index in [-0.39, 0.29) is 5.78 Å². The van der Waals surface area contributed by atoms with Gasteiger partial charge in [0.05, 0.1) is 32.6 Å². The highest BCUT2D eigenvalue weighted by Gasteiger charge is 2.65. The third kappa shape index (κ3) is 3.24. The SMILES string of the molecule is COc1ccc(C2C(C(=O)C(C)(C)C)N3N=Cc4ccccc4C3C2(C#N)C#N)cc1OC. The molecule has 33 heavy (non-hydrogen) atoms. The van der Waals surface area contributed by atoms with Crippen molar-refractivity contribution in [1.29, 1.82) is 10.5 Å². The van der Waals surface area contributed by atoms with Crippen LogP contribution in [0.5, 0.6) is 11.5 Å². The fraction of sp³-hybridized carbons (Fsp3) is 0.385. The van der Waals surface area contributed by atoms with Crippen molar-refractivity contribution in [1.82, 2.24) is 5.01 Å². The fourth-order valence-electron chi connectivity index (χ4n) is 4.97. The van der Waals surface area contributed by atoms with Gasteiger partial charge in [0, 0.05) is 11.3 Å². The second-order valence-corrected chi connectivity index (χ2v) is 9.40. The minimum Gasteiger partial charge on any atom is -0.493 e. The predicted molar refractivity (Wildman–Crippen MR) is 123 cm³/mol. The molecule has 0 bridgehead atoms.